The molecule has 0 radical (unpaired) electrons. The highest BCUT2D eigenvalue weighted by atomic mass is 32.2. The van der Waals surface area contributed by atoms with Crippen LogP contribution in [0.1, 0.15) is 36.1 Å². The topological polar surface area (TPSA) is 63.9 Å². The second-order valence-corrected chi connectivity index (χ2v) is 9.43. The number of carbonyl (C=O) groups is 1. The highest BCUT2D eigenvalue weighted by Gasteiger charge is 2.19. The third kappa shape index (κ3) is 6.36. The molecule has 180 valence electrons. The van der Waals surface area contributed by atoms with E-state index in [1.165, 1.54) is 22.9 Å². The number of rotatable bonds is 10. The van der Waals surface area contributed by atoms with Gasteiger partial charge in [-0.15, -0.1) is 10.2 Å². The number of nitrogens with zero attached hydrogens (tertiary/aromatic N) is 5. The second kappa shape index (κ2) is 11.8. The zero-order chi connectivity index (χ0) is 24.6. The Morgan fingerprint density at radius 2 is 1.71 bits per heavy atom. The van der Waals surface area contributed by atoms with Gasteiger partial charge in [0.2, 0.25) is 5.91 Å². The summed E-state index contributed by atoms with van der Waals surface area (Å²) in [4.78, 5) is 19.5. The van der Waals surface area contributed by atoms with Crippen molar-refractivity contribution in [3.8, 4) is 11.4 Å². The zero-order valence-corrected chi connectivity index (χ0v) is 21.3. The molecule has 0 aliphatic heterocycles. The summed E-state index contributed by atoms with van der Waals surface area (Å²) < 4.78 is 2.07. The molecule has 2 aromatic carbocycles. The van der Waals surface area contributed by atoms with Crippen molar-refractivity contribution < 1.29 is 4.79 Å². The van der Waals surface area contributed by atoms with Crippen LogP contribution < -0.4 is 0 Å². The molecule has 4 aromatic rings. The predicted molar refractivity (Wildman–Crippen MR) is 141 cm³/mol. The van der Waals surface area contributed by atoms with Gasteiger partial charge in [-0.2, -0.15) is 0 Å². The molecule has 0 bridgehead atoms. The van der Waals surface area contributed by atoms with Crippen molar-refractivity contribution in [2.75, 3.05) is 5.75 Å². The quantitative estimate of drug-likeness (QED) is 0.276. The maximum Gasteiger partial charge on any atom is 0.233 e. The Morgan fingerprint density at radius 3 is 2.40 bits per heavy atom. The minimum absolute atomic E-state index is 0.0566. The van der Waals surface area contributed by atoms with Gasteiger partial charge in [-0.25, -0.2) is 0 Å². The number of amides is 1. The Labute approximate surface area is 211 Å². The van der Waals surface area contributed by atoms with E-state index >= 15 is 0 Å². The number of hydrogen-bond acceptors (Lipinski definition) is 5. The van der Waals surface area contributed by atoms with E-state index in [4.69, 9.17) is 0 Å². The van der Waals surface area contributed by atoms with Gasteiger partial charge in [0.05, 0.1) is 5.75 Å². The summed E-state index contributed by atoms with van der Waals surface area (Å²) in [6.07, 6.45) is 4.56. The summed E-state index contributed by atoms with van der Waals surface area (Å²) in [5.41, 5.74) is 5.62. The molecule has 4 rings (SSSR count). The van der Waals surface area contributed by atoms with E-state index in [0.717, 1.165) is 40.6 Å². The Kier molecular flexibility index (Phi) is 8.32. The average molecular weight is 486 g/mol. The van der Waals surface area contributed by atoms with Crippen LogP contribution in [0.15, 0.2) is 78.2 Å². The van der Waals surface area contributed by atoms with E-state index in [-0.39, 0.29) is 5.91 Å². The van der Waals surface area contributed by atoms with Crippen LogP contribution >= 0.6 is 11.8 Å². The number of carbonyl (C=O) groups excluding carboxylic acids is 1. The Balaban J connectivity index is 1.50. The van der Waals surface area contributed by atoms with Crippen LogP contribution in [-0.2, 0) is 30.8 Å². The van der Waals surface area contributed by atoms with Crippen LogP contribution in [0.25, 0.3) is 11.4 Å². The van der Waals surface area contributed by atoms with E-state index in [2.05, 4.69) is 76.9 Å². The van der Waals surface area contributed by atoms with Gasteiger partial charge in [0.25, 0.3) is 0 Å². The van der Waals surface area contributed by atoms with Gasteiger partial charge < -0.3 is 9.47 Å². The SMILES string of the molecule is CCc1ccc(CN(Cc2cccnc2)C(=O)CSc2nnc(-c3cccc(C)c3)n2CC)cc1. The molecule has 0 saturated carbocycles. The second-order valence-electron chi connectivity index (χ2n) is 8.49. The van der Waals surface area contributed by atoms with Gasteiger partial charge in [0, 0.05) is 37.6 Å². The molecule has 0 atom stereocenters. The number of pyridine rings is 1. The van der Waals surface area contributed by atoms with Crippen molar-refractivity contribution in [3.05, 3.63) is 95.3 Å². The van der Waals surface area contributed by atoms with Crippen molar-refractivity contribution in [2.24, 2.45) is 0 Å². The molecular weight excluding hydrogens is 454 g/mol. The number of aromatic nitrogens is 4. The van der Waals surface area contributed by atoms with Crippen molar-refractivity contribution in [3.63, 3.8) is 0 Å². The smallest absolute Gasteiger partial charge is 0.233 e. The van der Waals surface area contributed by atoms with Crippen molar-refractivity contribution in [2.45, 2.75) is 52.0 Å². The monoisotopic (exact) mass is 485 g/mol. The highest BCUT2D eigenvalue weighted by molar-refractivity contribution is 7.99. The highest BCUT2D eigenvalue weighted by Crippen LogP contribution is 2.25. The van der Waals surface area contributed by atoms with Gasteiger partial charge in [0.1, 0.15) is 0 Å². The van der Waals surface area contributed by atoms with Gasteiger partial charge in [-0.1, -0.05) is 72.8 Å². The molecule has 0 aliphatic carbocycles. The van der Waals surface area contributed by atoms with Crippen LogP contribution in [0, 0.1) is 6.92 Å². The largest absolute Gasteiger partial charge is 0.333 e. The van der Waals surface area contributed by atoms with Crippen LogP contribution in [0.5, 0.6) is 0 Å². The first-order valence-electron chi connectivity index (χ1n) is 11.9. The first-order valence-corrected chi connectivity index (χ1v) is 12.9. The minimum atomic E-state index is 0.0566. The van der Waals surface area contributed by atoms with Crippen molar-refractivity contribution in [1.82, 2.24) is 24.6 Å². The van der Waals surface area contributed by atoms with Crippen LogP contribution in [-0.4, -0.2) is 36.3 Å². The molecule has 7 heteroatoms. The van der Waals surface area contributed by atoms with Gasteiger partial charge in [-0.3, -0.25) is 9.78 Å². The van der Waals surface area contributed by atoms with Crippen molar-refractivity contribution in [1.29, 1.82) is 0 Å². The van der Waals surface area contributed by atoms with Gasteiger partial charge in [0.15, 0.2) is 11.0 Å². The third-order valence-electron chi connectivity index (χ3n) is 5.89. The van der Waals surface area contributed by atoms with Gasteiger partial charge >= 0.3 is 0 Å². The van der Waals surface area contributed by atoms with E-state index in [1.54, 1.807) is 6.20 Å². The Hall–Kier alpha value is -3.45. The molecular formula is C28H31N5OS. The molecule has 6 nitrogen and oxygen atoms in total. The summed E-state index contributed by atoms with van der Waals surface area (Å²) in [6.45, 7) is 8.07. The molecule has 35 heavy (non-hydrogen) atoms. The van der Waals surface area contributed by atoms with Crippen LogP contribution in [0.3, 0.4) is 0 Å². The fourth-order valence-electron chi connectivity index (χ4n) is 3.94. The molecule has 0 aliphatic rings. The number of aryl methyl sites for hydroxylation is 2. The summed E-state index contributed by atoms with van der Waals surface area (Å²) in [5.74, 6) is 1.18. The fourth-order valence-corrected chi connectivity index (χ4v) is 4.85. The van der Waals surface area contributed by atoms with Crippen LogP contribution in [0.2, 0.25) is 0 Å². The first-order chi connectivity index (χ1) is 17.1. The summed E-state index contributed by atoms with van der Waals surface area (Å²) >= 11 is 1.44. The Morgan fingerprint density at radius 1 is 0.943 bits per heavy atom. The molecule has 0 N–H and O–H groups in total. The summed E-state index contributed by atoms with van der Waals surface area (Å²) in [7, 11) is 0. The molecule has 0 unspecified atom stereocenters. The lowest BCUT2D eigenvalue weighted by atomic mass is 10.1. The number of thioether (sulfide) groups is 1. The minimum Gasteiger partial charge on any atom is -0.333 e. The first kappa shape index (κ1) is 24.7. The normalized spacial score (nSPS) is 10.9. The molecule has 0 saturated heterocycles. The third-order valence-corrected chi connectivity index (χ3v) is 6.84. The summed E-state index contributed by atoms with van der Waals surface area (Å²) in [5, 5.41) is 9.59. The number of benzene rings is 2. The molecule has 2 heterocycles. The van der Waals surface area contributed by atoms with E-state index in [0.29, 0.717) is 18.8 Å². The molecule has 1 amide bonds. The molecule has 2 aromatic heterocycles. The fraction of sp³-hybridized carbons (Fsp3) is 0.286. The number of hydrogen-bond donors (Lipinski definition) is 0. The van der Waals surface area contributed by atoms with Crippen LogP contribution in [0.4, 0.5) is 0 Å². The lowest BCUT2D eigenvalue weighted by Gasteiger charge is -2.23. The summed E-state index contributed by atoms with van der Waals surface area (Å²) in [6, 6.07) is 20.6. The molecule has 0 fully saturated rings. The maximum absolute atomic E-state index is 13.4. The predicted octanol–water partition coefficient (Wildman–Crippen LogP) is 5.55. The van der Waals surface area contributed by atoms with E-state index < -0.39 is 0 Å². The van der Waals surface area contributed by atoms with E-state index in [9.17, 15) is 4.79 Å². The zero-order valence-electron chi connectivity index (χ0n) is 20.5. The maximum atomic E-state index is 13.4. The lowest BCUT2D eigenvalue weighted by molar-refractivity contribution is -0.129. The Bertz CT molecular complexity index is 1250. The molecule has 0 spiro atoms. The average Bonchev–Trinajstić information content (AvgIpc) is 3.31. The van der Waals surface area contributed by atoms with Gasteiger partial charge in [-0.05, 0) is 49.1 Å². The van der Waals surface area contributed by atoms with E-state index in [1.807, 2.05) is 35.4 Å². The lowest BCUT2D eigenvalue weighted by Crippen LogP contribution is -2.31. The van der Waals surface area contributed by atoms with Crippen molar-refractivity contribution >= 4 is 17.7 Å². The standard InChI is InChI=1S/C28H31N5OS/c1-4-22-11-13-23(14-12-22)18-32(19-24-9-7-15-29-17-24)26(34)20-35-28-31-30-27(33(28)5-2)25-10-6-8-21(3)16-25/h6-17H,4-5,18-20H2,1-3H3.